The van der Waals surface area contributed by atoms with E-state index >= 15 is 0 Å². The first-order valence-corrected chi connectivity index (χ1v) is 2.90. The van der Waals surface area contributed by atoms with Crippen molar-refractivity contribution >= 4 is 6.08 Å². The van der Waals surface area contributed by atoms with Crippen molar-refractivity contribution in [2.24, 2.45) is 0 Å². The molecule has 0 aliphatic heterocycles. The SMILES string of the molecule is C=Cc1nn[nH]c1CC. The summed E-state index contributed by atoms with van der Waals surface area (Å²) in [5.74, 6) is 0. The van der Waals surface area contributed by atoms with Gasteiger partial charge in [0.2, 0.25) is 0 Å². The lowest BCUT2D eigenvalue weighted by atomic mass is 10.3. The fourth-order valence-electron chi connectivity index (χ4n) is 0.681. The van der Waals surface area contributed by atoms with Gasteiger partial charge in [0.05, 0.1) is 5.69 Å². The van der Waals surface area contributed by atoms with Crippen LogP contribution in [0.4, 0.5) is 0 Å². The summed E-state index contributed by atoms with van der Waals surface area (Å²) < 4.78 is 0. The molecule has 0 fully saturated rings. The third-order valence-electron chi connectivity index (χ3n) is 1.20. The van der Waals surface area contributed by atoms with Gasteiger partial charge in [-0.2, -0.15) is 0 Å². The second-order valence-corrected chi connectivity index (χ2v) is 1.73. The van der Waals surface area contributed by atoms with Crippen LogP contribution in [0, 0.1) is 0 Å². The van der Waals surface area contributed by atoms with E-state index in [1.807, 2.05) is 6.92 Å². The Kier molecular flexibility index (Phi) is 1.63. The monoisotopic (exact) mass is 123 g/mol. The number of rotatable bonds is 2. The van der Waals surface area contributed by atoms with Crippen LogP contribution < -0.4 is 0 Å². The van der Waals surface area contributed by atoms with Crippen LogP contribution in [0.3, 0.4) is 0 Å². The standard InChI is InChI=1S/C6H9N3/c1-3-5-6(4-2)8-9-7-5/h3H,1,4H2,2H3,(H,7,8,9). The smallest absolute Gasteiger partial charge is 0.108 e. The molecule has 0 radical (unpaired) electrons. The van der Waals surface area contributed by atoms with E-state index in [9.17, 15) is 0 Å². The van der Waals surface area contributed by atoms with Crippen molar-refractivity contribution < 1.29 is 0 Å². The maximum Gasteiger partial charge on any atom is 0.108 e. The summed E-state index contributed by atoms with van der Waals surface area (Å²) in [6.07, 6.45) is 2.62. The topological polar surface area (TPSA) is 41.6 Å². The Bertz CT molecular complexity index is 202. The van der Waals surface area contributed by atoms with Gasteiger partial charge in [-0.25, -0.2) is 0 Å². The van der Waals surface area contributed by atoms with Gasteiger partial charge in [0, 0.05) is 0 Å². The van der Waals surface area contributed by atoms with Crippen LogP contribution in [0.25, 0.3) is 6.08 Å². The van der Waals surface area contributed by atoms with Crippen molar-refractivity contribution in [2.75, 3.05) is 0 Å². The van der Waals surface area contributed by atoms with Crippen molar-refractivity contribution in [3.05, 3.63) is 18.0 Å². The highest BCUT2D eigenvalue weighted by Gasteiger charge is 1.97. The van der Waals surface area contributed by atoms with Crippen LogP contribution in [0.15, 0.2) is 6.58 Å². The Morgan fingerprint density at radius 3 is 3.00 bits per heavy atom. The molecular weight excluding hydrogens is 114 g/mol. The Labute approximate surface area is 53.8 Å². The summed E-state index contributed by atoms with van der Waals surface area (Å²) in [6.45, 7) is 5.63. The fraction of sp³-hybridized carbons (Fsp3) is 0.333. The number of nitrogens with zero attached hydrogens (tertiary/aromatic N) is 2. The summed E-state index contributed by atoms with van der Waals surface area (Å²) >= 11 is 0. The molecule has 48 valence electrons. The second-order valence-electron chi connectivity index (χ2n) is 1.73. The average molecular weight is 123 g/mol. The van der Waals surface area contributed by atoms with E-state index in [4.69, 9.17) is 0 Å². The highest BCUT2D eigenvalue weighted by atomic mass is 15.3. The van der Waals surface area contributed by atoms with E-state index in [1.54, 1.807) is 6.08 Å². The summed E-state index contributed by atoms with van der Waals surface area (Å²) in [5.41, 5.74) is 1.91. The van der Waals surface area contributed by atoms with Crippen molar-refractivity contribution in [2.45, 2.75) is 13.3 Å². The van der Waals surface area contributed by atoms with Crippen LogP contribution in [-0.2, 0) is 6.42 Å². The van der Waals surface area contributed by atoms with E-state index < -0.39 is 0 Å². The molecule has 1 aromatic rings. The van der Waals surface area contributed by atoms with Crippen LogP contribution in [0.1, 0.15) is 18.3 Å². The van der Waals surface area contributed by atoms with Crippen LogP contribution in [-0.4, -0.2) is 15.4 Å². The van der Waals surface area contributed by atoms with Crippen LogP contribution in [0.2, 0.25) is 0 Å². The second kappa shape index (κ2) is 2.44. The Morgan fingerprint density at radius 2 is 2.56 bits per heavy atom. The number of aromatic nitrogens is 3. The molecule has 0 aliphatic carbocycles. The number of H-pyrrole nitrogens is 1. The maximum absolute atomic E-state index is 3.78. The summed E-state index contributed by atoms with van der Waals surface area (Å²) in [6, 6.07) is 0. The lowest BCUT2D eigenvalue weighted by Gasteiger charge is -1.86. The minimum absolute atomic E-state index is 0.859. The van der Waals surface area contributed by atoms with E-state index in [0.29, 0.717) is 0 Å². The lowest BCUT2D eigenvalue weighted by molar-refractivity contribution is 0.908. The molecule has 1 N–H and O–H groups in total. The average Bonchev–Trinajstić information content (AvgIpc) is 2.33. The molecule has 0 aliphatic rings. The highest BCUT2D eigenvalue weighted by Crippen LogP contribution is 2.01. The molecule has 1 heterocycles. The first-order valence-electron chi connectivity index (χ1n) is 2.90. The van der Waals surface area contributed by atoms with Crippen molar-refractivity contribution in [1.82, 2.24) is 15.4 Å². The van der Waals surface area contributed by atoms with Gasteiger partial charge in [0.25, 0.3) is 0 Å². The molecule has 0 bridgehead atoms. The van der Waals surface area contributed by atoms with Gasteiger partial charge in [-0.15, -0.1) is 5.10 Å². The maximum atomic E-state index is 3.78. The van der Waals surface area contributed by atoms with Gasteiger partial charge >= 0.3 is 0 Å². The number of aromatic amines is 1. The van der Waals surface area contributed by atoms with Gasteiger partial charge in [-0.3, -0.25) is 5.10 Å². The lowest BCUT2D eigenvalue weighted by Crippen LogP contribution is -1.81. The molecule has 0 spiro atoms. The van der Waals surface area contributed by atoms with Crippen molar-refractivity contribution in [3.63, 3.8) is 0 Å². The zero-order chi connectivity index (χ0) is 6.69. The number of hydrogen-bond acceptors (Lipinski definition) is 2. The molecule has 3 nitrogen and oxygen atoms in total. The quantitative estimate of drug-likeness (QED) is 0.637. The van der Waals surface area contributed by atoms with Gasteiger partial charge in [0.15, 0.2) is 0 Å². The molecular formula is C6H9N3. The van der Waals surface area contributed by atoms with E-state index in [1.165, 1.54) is 0 Å². The first-order chi connectivity index (χ1) is 4.38. The summed E-state index contributed by atoms with van der Waals surface area (Å²) in [4.78, 5) is 0. The zero-order valence-corrected chi connectivity index (χ0v) is 5.39. The van der Waals surface area contributed by atoms with E-state index in [2.05, 4.69) is 22.0 Å². The Balaban J connectivity index is 2.98. The van der Waals surface area contributed by atoms with Gasteiger partial charge in [0.1, 0.15) is 5.69 Å². The van der Waals surface area contributed by atoms with E-state index in [0.717, 1.165) is 17.8 Å². The number of nitrogens with one attached hydrogen (secondary N) is 1. The largest absolute Gasteiger partial charge is 0.262 e. The molecule has 0 atom stereocenters. The zero-order valence-electron chi connectivity index (χ0n) is 5.39. The van der Waals surface area contributed by atoms with Gasteiger partial charge in [-0.1, -0.05) is 18.7 Å². The van der Waals surface area contributed by atoms with Gasteiger partial charge in [-0.05, 0) is 12.5 Å². The van der Waals surface area contributed by atoms with Crippen LogP contribution >= 0.6 is 0 Å². The minimum atomic E-state index is 0.859. The predicted molar refractivity (Wildman–Crippen MR) is 35.9 cm³/mol. The normalized spacial score (nSPS) is 9.44. The molecule has 9 heavy (non-hydrogen) atoms. The van der Waals surface area contributed by atoms with Gasteiger partial charge < -0.3 is 0 Å². The molecule has 1 rings (SSSR count). The number of hydrogen-bond donors (Lipinski definition) is 1. The minimum Gasteiger partial charge on any atom is -0.262 e. The Hall–Kier alpha value is -1.12. The highest BCUT2D eigenvalue weighted by molar-refractivity contribution is 5.43. The molecule has 3 heteroatoms. The molecule has 1 aromatic heterocycles. The molecule has 0 amide bonds. The predicted octanol–water partition coefficient (Wildman–Crippen LogP) is 1.01. The van der Waals surface area contributed by atoms with Crippen molar-refractivity contribution in [1.29, 1.82) is 0 Å². The fourth-order valence-corrected chi connectivity index (χ4v) is 0.681. The third-order valence-corrected chi connectivity index (χ3v) is 1.20. The summed E-state index contributed by atoms with van der Waals surface area (Å²) in [7, 11) is 0. The third kappa shape index (κ3) is 0.988. The summed E-state index contributed by atoms with van der Waals surface area (Å²) in [5, 5.41) is 10.2. The first kappa shape index (κ1) is 6.01. The number of aryl methyl sites for hydroxylation is 1. The van der Waals surface area contributed by atoms with Crippen LogP contribution in [0.5, 0.6) is 0 Å². The molecule has 0 saturated heterocycles. The molecule has 0 aromatic carbocycles. The van der Waals surface area contributed by atoms with E-state index in [-0.39, 0.29) is 0 Å². The Morgan fingerprint density at radius 1 is 1.78 bits per heavy atom. The molecule has 0 unspecified atom stereocenters. The molecule has 0 saturated carbocycles. The van der Waals surface area contributed by atoms with Crippen molar-refractivity contribution in [3.8, 4) is 0 Å².